The Morgan fingerprint density at radius 2 is 1.77 bits per heavy atom. The molecule has 2 amide bonds. The number of amides is 2. The molecule has 1 aromatic carbocycles. The minimum atomic E-state index is -0.492. The summed E-state index contributed by atoms with van der Waals surface area (Å²) in [5.41, 5.74) is 2.17. The average molecular weight is 357 g/mol. The summed E-state index contributed by atoms with van der Waals surface area (Å²) in [6, 6.07) is 10.1. The number of hydrogen-bond acceptors (Lipinski definition) is 4. The van der Waals surface area contributed by atoms with Crippen molar-refractivity contribution in [3.8, 4) is 0 Å². The van der Waals surface area contributed by atoms with Crippen LogP contribution in [0.3, 0.4) is 0 Å². The molecule has 26 heavy (non-hydrogen) atoms. The molecule has 0 radical (unpaired) electrons. The molecule has 3 atom stereocenters. The second-order valence-electron chi connectivity index (χ2n) is 6.70. The predicted molar refractivity (Wildman–Crippen MR) is 95.6 cm³/mol. The Morgan fingerprint density at radius 3 is 2.46 bits per heavy atom. The lowest BCUT2D eigenvalue weighted by Gasteiger charge is -2.39. The van der Waals surface area contributed by atoms with Gasteiger partial charge in [-0.1, -0.05) is 18.2 Å². The Hall–Kier alpha value is -2.70. The van der Waals surface area contributed by atoms with Crippen LogP contribution >= 0.6 is 0 Å². The van der Waals surface area contributed by atoms with Crippen LogP contribution in [0.1, 0.15) is 38.3 Å². The highest BCUT2D eigenvalue weighted by molar-refractivity contribution is 5.81. The van der Waals surface area contributed by atoms with E-state index < -0.39 is 12.2 Å². The van der Waals surface area contributed by atoms with E-state index >= 15 is 0 Å². The minimum Gasteiger partial charge on any atom is -0.448 e. The Bertz CT molecular complexity index is 800. The van der Waals surface area contributed by atoms with Crippen LogP contribution in [0.2, 0.25) is 0 Å². The van der Waals surface area contributed by atoms with Gasteiger partial charge in [0.15, 0.2) is 0 Å². The van der Waals surface area contributed by atoms with Gasteiger partial charge in [-0.3, -0.25) is 0 Å². The number of hydrazine groups is 1. The molecule has 2 aromatic rings. The van der Waals surface area contributed by atoms with E-state index in [1.807, 2.05) is 18.2 Å². The number of H-pyrrole nitrogens is 1. The van der Waals surface area contributed by atoms with Gasteiger partial charge in [-0.05, 0) is 44.2 Å². The van der Waals surface area contributed by atoms with Crippen molar-refractivity contribution in [2.24, 2.45) is 0 Å². The number of ether oxygens (including phenoxy) is 2. The molecular weight excluding hydrogens is 334 g/mol. The number of carbonyl (C=O) groups excluding carboxylic acids is 2. The van der Waals surface area contributed by atoms with Gasteiger partial charge < -0.3 is 14.5 Å². The average Bonchev–Trinajstić information content (AvgIpc) is 3.33. The number of carbonyl (C=O) groups is 2. The number of aromatic amines is 1. The monoisotopic (exact) mass is 357 g/mol. The van der Waals surface area contributed by atoms with E-state index in [9.17, 15) is 9.59 Å². The van der Waals surface area contributed by atoms with Crippen molar-refractivity contribution in [3.63, 3.8) is 0 Å². The van der Waals surface area contributed by atoms with E-state index in [1.54, 1.807) is 13.8 Å². The molecule has 0 spiro atoms. The van der Waals surface area contributed by atoms with Crippen LogP contribution in [0.15, 0.2) is 30.3 Å². The third kappa shape index (κ3) is 2.58. The van der Waals surface area contributed by atoms with Gasteiger partial charge in [-0.2, -0.15) is 0 Å². The van der Waals surface area contributed by atoms with Crippen LogP contribution in [-0.2, 0) is 9.47 Å². The van der Waals surface area contributed by atoms with Gasteiger partial charge in [0.2, 0.25) is 0 Å². The van der Waals surface area contributed by atoms with E-state index in [0.29, 0.717) is 0 Å². The summed E-state index contributed by atoms with van der Waals surface area (Å²) in [7, 11) is 0. The molecule has 7 nitrogen and oxygen atoms in total. The molecule has 7 heteroatoms. The van der Waals surface area contributed by atoms with E-state index in [4.69, 9.17) is 9.47 Å². The summed E-state index contributed by atoms with van der Waals surface area (Å²) >= 11 is 0. The van der Waals surface area contributed by atoms with Crippen LogP contribution in [0, 0.1) is 0 Å². The number of hydrogen-bond donors (Lipinski definition) is 1. The van der Waals surface area contributed by atoms with Gasteiger partial charge >= 0.3 is 12.2 Å². The Kier molecular flexibility index (Phi) is 4.22. The zero-order chi connectivity index (χ0) is 18.3. The fourth-order valence-electron chi connectivity index (χ4n) is 4.26. The lowest BCUT2D eigenvalue weighted by atomic mass is 9.98. The van der Waals surface area contributed by atoms with Crippen molar-refractivity contribution in [1.29, 1.82) is 0 Å². The van der Waals surface area contributed by atoms with Gasteiger partial charge in [0.25, 0.3) is 0 Å². The fourth-order valence-corrected chi connectivity index (χ4v) is 4.26. The Morgan fingerprint density at radius 1 is 1.08 bits per heavy atom. The first-order chi connectivity index (χ1) is 12.6. The first kappa shape index (κ1) is 16.8. The lowest BCUT2D eigenvalue weighted by molar-refractivity contribution is -0.0436. The van der Waals surface area contributed by atoms with Crippen molar-refractivity contribution < 1.29 is 19.1 Å². The summed E-state index contributed by atoms with van der Waals surface area (Å²) in [6.45, 7) is 4.06. The maximum atomic E-state index is 12.5. The molecule has 2 fully saturated rings. The van der Waals surface area contributed by atoms with Crippen molar-refractivity contribution in [2.45, 2.75) is 44.7 Å². The minimum absolute atomic E-state index is 0.0557. The number of rotatable bonds is 3. The maximum Gasteiger partial charge on any atom is 0.429 e. The van der Waals surface area contributed by atoms with E-state index in [-0.39, 0.29) is 31.2 Å². The van der Waals surface area contributed by atoms with Gasteiger partial charge in [-0.15, -0.1) is 0 Å². The number of fused-ring (bicyclic) bond motifs is 3. The van der Waals surface area contributed by atoms with Gasteiger partial charge in [0.05, 0.1) is 25.3 Å². The van der Waals surface area contributed by atoms with E-state index in [2.05, 4.69) is 17.1 Å². The first-order valence-electron chi connectivity index (χ1n) is 9.13. The Labute approximate surface area is 151 Å². The molecule has 1 N–H and O–H groups in total. The number of nitrogens with zero attached hydrogens (tertiary/aromatic N) is 2. The Balaban J connectivity index is 1.65. The summed E-state index contributed by atoms with van der Waals surface area (Å²) in [6.07, 6.45) is 0.557. The van der Waals surface area contributed by atoms with E-state index in [1.165, 1.54) is 10.0 Å². The molecule has 2 heterocycles. The molecule has 2 bridgehead atoms. The molecule has 1 saturated heterocycles. The molecule has 4 rings (SSSR count). The first-order valence-corrected chi connectivity index (χ1v) is 9.13. The molecule has 1 aliphatic carbocycles. The normalized spacial score (nSPS) is 24.3. The molecule has 3 unspecified atom stereocenters. The summed E-state index contributed by atoms with van der Waals surface area (Å²) in [5, 5.41) is 4.06. The predicted octanol–water partition coefficient (Wildman–Crippen LogP) is 3.63. The van der Waals surface area contributed by atoms with Crippen LogP contribution in [0.5, 0.6) is 0 Å². The van der Waals surface area contributed by atoms with Crippen molar-refractivity contribution in [1.82, 2.24) is 15.0 Å². The summed E-state index contributed by atoms with van der Waals surface area (Å²) in [4.78, 5) is 28.4. The highest BCUT2D eigenvalue weighted by Crippen LogP contribution is 2.47. The zero-order valence-corrected chi connectivity index (χ0v) is 15.0. The van der Waals surface area contributed by atoms with Gasteiger partial charge in [-0.25, -0.2) is 19.6 Å². The van der Waals surface area contributed by atoms with Gasteiger partial charge in [0, 0.05) is 17.1 Å². The maximum absolute atomic E-state index is 12.5. The number of nitrogens with one attached hydrogen (secondary N) is 1. The summed E-state index contributed by atoms with van der Waals surface area (Å²) < 4.78 is 10.4. The molecule has 1 aromatic heterocycles. The van der Waals surface area contributed by atoms with Crippen molar-refractivity contribution in [3.05, 3.63) is 36.0 Å². The highest BCUT2D eigenvalue weighted by atomic mass is 16.6. The highest BCUT2D eigenvalue weighted by Gasteiger charge is 2.56. The molecular formula is C19H23N3O4. The molecule has 2 aliphatic rings. The number of benzene rings is 1. The van der Waals surface area contributed by atoms with Crippen LogP contribution < -0.4 is 0 Å². The van der Waals surface area contributed by atoms with Gasteiger partial charge in [0.1, 0.15) is 0 Å². The van der Waals surface area contributed by atoms with Crippen LogP contribution in [-0.4, -0.2) is 52.5 Å². The van der Waals surface area contributed by atoms with E-state index in [0.717, 1.165) is 29.4 Å². The topological polar surface area (TPSA) is 74.9 Å². The largest absolute Gasteiger partial charge is 0.448 e. The molecule has 1 aliphatic heterocycles. The number of para-hydroxylation sites is 1. The quantitative estimate of drug-likeness (QED) is 0.910. The molecule has 138 valence electrons. The number of aromatic nitrogens is 1. The molecule has 1 saturated carbocycles. The zero-order valence-electron chi connectivity index (χ0n) is 15.0. The lowest BCUT2D eigenvalue weighted by Crippen LogP contribution is -2.55. The second kappa shape index (κ2) is 6.55. The second-order valence-corrected chi connectivity index (χ2v) is 6.70. The fraction of sp³-hybridized carbons (Fsp3) is 0.474. The SMILES string of the molecule is CCOC(=O)N1C2CC(c3cc4ccccc4[nH]3)C(C2)N1C(=O)OCC. The van der Waals surface area contributed by atoms with Crippen molar-refractivity contribution >= 4 is 23.1 Å². The third-order valence-corrected chi connectivity index (χ3v) is 5.26. The van der Waals surface area contributed by atoms with Crippen LogP contribution in [0.25, 0.3) is 10.9 Å². The standard InChI is InChI=1S/C19H23N3O4/c1-3-25-18(23)21-13-10-14(17(11-13)22(21)19(24)26-4-2)16-9-12-7-5-6-8-15(12)20-16/h5-9,13-14,17,20H,3-4,10-11H2,1-2H3. The summed E-state index contributed by atoms with van der Waals surface area (Å²) in [5.74, 6) is 0.141. The van der Waals surface area contributed by atoms with Crippen LogP contribution in [0.4, 0.5) is 9.59 Å². The smallest absolute Gasteiger partial charge is 0.429 e. The van der Waals surface area contributed by atoms with Crippen molar-refractivity contribution in [2.75, 3.05) is 13.2 Å². The third-order valence-electron chi connectivity index (χ3n) is 5.26.